The van der Waals surface area contributed by atoms with Gasteiger partial charge in [0.2, 0.25) is 0 Å². The SMILES string of the molecule is CC(C)(C)OC(=O)N1CCCC(C(=O)OCC(=O)Nc2ccc(Cl)cc2)C1. The number of piperidine rings is 1. The second-order valence-electron chi connectivity index (χ2n) is 7.43. The fraction of sp³-hybridized carbons (Fsp3) is 0.526. The number of carbonyl (C=O) groups is 3. The maximum absolute atomic E-state index is 12.3. The van der Waals surface area contributed by atoms with Gasteiger partial charge in [0.15, 0.2) is 6.61 Å². The molecule has 0 aromatic heterocycles. The topological polar surface area (TPSA) is 84.9 Å². The number of esters is 1. The number of halogens is 1. The van der Waals surface area contributed by atoms with Crippen molar-refractivity contribution in [1.29, 1.82) is 0 Å². The van der Waals surface area contributed by atoms with Gasteiger partial charge in [-0.3, -0.25) is 9.59 Å². The van der Waals surface area contributed by atoms with Gasteiger partial charge in [0.05, 0.1) is 5.92 Å². The maximum atomic E-state index is 12.3. The van der Waals surface area contributed by atoms with E-state index < -0.39 is 29.5 Å². The van der Waals surface area contributed by atoms with E-state index in [9.17, 15) is 14.4 Å². The van der Waals surface area contributed by atoms with E-state index in [0.717, 1.165) is 0 Å². The second-order valence-corrected chi connectivity index (χ2v) is 7.86. The van der Waals surface area contributed by atoms with Crippen LogP contribution in [0.1, 0.15) is 33.6 Å². The van der Waals surface area contributed by atoms with Crippen molar-refractivity contribution in [3.63, 3.8) is 0 Å². The number of rotatable bonds is 4. The van der Waals surface area contributed by atoms with Gasteiger partial charge in [-0.15, -0.1) is 0 Å². The third-order valence-electron chi connectivity index (χ3n) is 3.88. The average Bonchev–Trinajstić information content (AvgIpc) is 2.60. The number of amides is 2. The van der Waals surface area contributed by atoms with Crippen LogP contribution < -0.4 is 5.32 Å². The van der Waals surface area contributed by atoms with Gasteiger partial charge in [-0.2, -0.15) is 0 Å². The average molecular weight is 397 g/mol. The molecule has 27 heavy (non-hydrogen) atoms. The van der Waals surface area contributed by atoms with Gasteiger partial charge in [0.25, 0.3) is 5.91 Å². The van der Waals surface area contributed by atoms with Gasteiger partial charge in [0, 0.05) is 23.8 Å². The van der Waals surface area contributed by atoms with Crippen molar-refractivity contribution < 1.29 is 23.9 Å². The molecule has 0 spiro atoms. The number of likely N-dealkylation sites (tertiary alicyclic amines) is 1. The molecule has 1 aromatic rings. The van der Waals surface area contributed by atoms with Crippen LogP contribution in [0.3, 0.4) is 0 Å². The summed E-state index contributed by atoms with van der Waals surface area (Å²) in [7, 11) is 0. The Labute approximate surface area is 163 Å². The highest BCUT2D eigenvalue weighted by Gasteiger charge is 2.32. The normalized spacial score (nSPS) is 17.2. The number of nitrogens with zero attached hydrogens (tertiary/aromatic N) is 1. The number of anilines is 1. The molecular formula is C19H25ClN2O5. The predicted octanol–water partition coefficient (Wildman–Crippen LogP) is 3.47. The van der Waals surface area contributed by atoms with Crippen LogP contribution in [-0.2, 0) is 19.1 Å². The third kappa shape index (κ3) is 7.09. The van der Waals surface area contributed by atoms with Crippen LogP contribution in [0.15, 0.2) is 24.3 Å². The maximum Gasteiger partial charge on any atom is 0.410 e. The number of nitrogens with one attached hydrogen (secondary N) is 1. The summed E-state index contributed by atoms with van der Waals surface area (Å²) in [4.78, 5) is 37.8. The number of hydrogen-bond acceptors (Lipinski definition) is 5. The van der Waals surface area contributed by atoms with Crippen molar-refractivity contribution in [3.05, 3.63) is 29.3 Å². The number of carbonyl (C=O) groups excluding carboxylic acids is 3. The van der Waals surface area contributed by atoms with Crippen LogP contribution in [0.5, 0.6) is 0 Å². The minimum absolute atomic E-state index is 0.229. The molecule has 1 N–H and O–H groups in total. The van der Waals surface area contributed by atoms with Crippen molar-refractivity contribution in [1.82, 2.24) is 4.90 Å². The highest BCUT2D eigenvalue weighted by molar-refractivity contribution is 6.30. The summed E-state index contributed by atoms with van der Waals surface area (Å²) in [6.45, 7) is 5.76. The van der Waals surface area contributed by atoms with E-state index in [1.165, 1.54) is 4.90 Å². The van der Waals surface area contributed by atoms with E-state index in [2.05, 4.69) is 5.32 Å². The van der Waals surface area contributed by atoms with Gasteiger partial charge in [-0.05, 0) is 57.9 Å². The Morgan fingerprint density at radius 1 is 1.22 bits per heavy atom. The van der Waals surface area contributed by atoms with Crippen LogP contribution in [0.2, 0.25) is 5.02 Å². The fourth-order valence-electron chi connectivity index (χ4n) is 2.65. The van der Waals surface area contributed by atoms with Crippen molar-refractivity contribution in [2.24, 2.45) is 5.92 Å². The molecule has 2 amide bonds. The highest BCUT2D eigenvalue weighted by atomic mass is 35.5. The highest BCUT2D eigenvalue weighted by Crippen LogP contribution is 2.20. The first-order valence-electron chi connectivity index (χ1n) is 8.84. The summed E-state index contributed by atoms with van der Waals surface area (Å²) in [6, 6.07) is 6.61. The number of hydrogen-bond donors (Lipinski definition) is 1. The summed E-state index contributed by atoms with van der Waals surface area (Å²) in [6.07, 6.45) is 0.841. The Kier molecular flexibility index (Phi) is 7.07. The van der Waals surface area contributed by atoms with Crippen molar-refractivity contribution >= 4 is 35.3 Å². The molecular weight excluding hydrogens is 372 g/mol. The van der Waals surface area contributed by atoms with Crippen LogP contribution in [-0.4, -0.2) is 48.2 Å². The van der Waals surface area contributed by atoms with E-state index in [0.29, 0.717) is 30.1 Å². The molecule has 1 heterocycles. The van der Waals surface area contributed by atoms with Crippen LogP contribution in [0.25, 0.3) is 0 Å². The van der Waals surface area contributed by atoms with Crippen LogP contribution in [0.4, 0.5) is 10.5 Å². The quantitative estimate of drug-likeness (QED) is 0.787. The molecule has 0 radical (unpaired) electrons. The molecule has 1 unspecified atom stereocenters. The number of ether oxygens (including phenoxy) is 2. The molecule has 1 aliphatic heterocycles. The minimum Gasteiger partial charge on any atom is -0.455 e. The van der Waals surface area contributed by atoms with E-state index in [1.807, 2.05) is 0 Å². The lowest BCUT2D eigenvalue weighted by atomic mass is 9.98. The Morgan fingerprint density at radius 3 is 2.52 bits per heavy atom. The lowest BCUT2D eigenvalue weighted by Crippen LogP contribution is -2.45. The standard InChI is InChI=1S/C19H25ClN2O5/c1-19(2,3)27-18(25)22-10-4-5-13(11-22)17(24)26-12-16(23)21-15-8-6-14(20)7-9-15/h6-9,13H,4-5,10-12H2,1-3H3,(H,21,23). The molecule has 1 atom stereocenters. The monoisotopic (exact) mass is 396 g/mol. The summed E-state index contributed by atoms with van der Waals surface area (Å²) in [5, 5.41) is 3.18. The van der Waals surface area contributed by atoms with Crippen molar-refractivity contribution in [2.45, 2.75) is 39.2 Å². The molecule has 1 fully saturated rings. The molecule has 148 valence electrons. The summed E-state index contributed by atoms with van der Waals surface area (Å²) >= 11 is 5.79. The van der Waals surface area contributed by atoms with Crippen LogP contribution in [0, 0.1) is 5.92 Å². The van der Waals surface area contributed by atoms with Crippen molar-refractivity contribution in [2.75, 3.05) is 25.0 Å². The molecule has 2 rings (SSSR count). The Balaban J connectivity index is 1.80. The lowest BCUT2D eigenvalue weighted by molar-refractivity contribution is -0.153. The zero-order chi connectivity index (χ0) is 20.0. The second kappa shape index (κ2) is 9.08. The molecule has 8 heteroatoms. The van der Waals surface area contributed by atoms with Crippen LogP contribution >= 0.6 is 11.6 Å². The van der Waals surface area contributed by atoms with Gasteiger partial charge in [-0.1, -0.05) is 11.6 Å². The van der Waals surface area contributed by atoms with Gasteiger partial charge in [0.1, 0.15) is 5.60 Å². The third-order valence-corrected chi connectivity index (χ3v) is 4.13. The minimum atomic E-state index is -0.593. The Hall–Kier alpha value is -2.28. The molecule has 1 saturated heterocycles. The summed E-state index contributed by atoms with van der Waals surface area (Å²) < 4.78 is 10.5. The summed E-state index contributed by atoms with van der Waals surface area (Å²) in [5.74, 6) is -1.39. The smallest absolute Gasteiger partial charge is 0.410 e. The number of benzene rings is 1. The van der Waals surface area contributed by atoms with E-state index in [-0.39, 0.29) is 13.2 Å². The van der Waals surface area contributed by atoms with Gasteiger partial charge >= 0.3 is 12.1 Å². The molecule has 1 aromatic carbocycles. The Bertz CT molecular complexity index is 684. The molecule has 0 bridgehead atoms. The largest absolute Gasteiger partial charge is 0.455 e. The van der Waals surface area contributed by atoms with E-state index in [4.69, 9.17) is 21.1 Å². The molecule has 0 saturated carbocycles. The molecule has 0 aliphatic carbocycles. The lowest BCUT2D eigenvalue weighted by Gasteiger charge is -2.33. The van der Waals surface area contributed by atoms with Crippen molar-refractivity contribution in [3.8, 4) is 0 Å². The first kappa shape index (κ1) is 21.0. The molecule has 1 aliphatic rings. The fourth-order valence-corrected chi connectivity index (χ4v) is 2.77. The zero-order valence-electron chi connectivity index (χ0n) is 15.8. The first-order chi connectivity index (χ1) is 12.6. The predicted molar refractivity (Wildman–Crippen MR) is 102 cm³/mol. The molecule has 7 nitrogen and oxygen atoms in total. The van der Waals surface area contributed by atoms with E-state index >= 15 is 0 Å². The van der Waals surface area contributed by atoms with E-state index in [1.54, 1.807) is 45.0 Å². The zero-order valence-corrected chi connectivity index (χ0v) is 16.5. The first-order valence-corrected chi connectivity index (χ1v) is 9.22. The Morgan fingerprint density at radius 2 is 1.89 bits per heavy atom. The summed E-state index contributed by atoms with van der Waals surface area (Å²) in [5.41, 5.74) is -0.0289. The van der Waals surface area contributed by atoms with Gasteiger partial charge < -0.3 is 19.7 Å². The van der Waals surface area contributed by atoms with Gasteiger partial charge in [-0.25, -0.2) is 4.79 Å².